The lowest BCUT2D eigenvalue weighted by Crippen LogP contribution is -2.42. The molecule has 4 rings (SSSR count). The van der Waals surface area contributed by atoms with Crippen molar-refractivity contribution >= 4 is 0 Å². The average Bonchev–Trinajstić information content (AvgIpc) is 2.40. The molecule has 2 atom stereocenters. The highest BCUT2D eigenvalue weighted by molar-refractivity contribution is 5.44. The van der Waals surface area contributed by atoms with Gasteiger partial charge in [-0.15, -0.1) is 0 Å². The first-order valence-corrected chi connectivity index (χ1v) is 6.08. The van der Waals surface area contributed by atoms with Gasteiger partial charge in [0.15, 0.2) is 12.5 Å². The molecule has 0 fully saturated rings. The molecule has 90 valence electrons. The number of fused-ring (bicyclic) bond motifs is 6. The fourth-order valence-electron chi connectivity index (χ4n) is 2.68. The van der Waals surface area contributed by atoms with Crippen LogP contribution in [0.4, 0.5) is 0 Å². The van der Waals surface area contributed by atoms with Gasteiger partial charge in [-0.05, 0) is 19.2 Å². The number of rotatable bonds is 0. The van der Waals surface area contributed by atoms with Gasteiger partial charge in [0, 0.05) is 11.1 Å². The molecule has 2 unspecified atom stereocenters. The molecule has 3 nitrogen and oxygen atoms in total. The van der Waals surface area contributed by atoms with Crippen LogP contribution in [0.5, 0.6) is 11.5 Å². The van der Waals surface area contributed by atoms with Crippen LogP contribution in [0.1, 0.15) is 23.6 Å². The number of para-hydroxylation sites is 2. The number of hydrogen-bond acceptors (Lipinski definition) is 3. The van der Waals surface area contributed by atoms with Gasteiger partial charge in [0.2, 0.25) is 0 Å². The zero-order chi connectivity index (χ0) is 12.1. The van der Waals surface area contributed by atoms with E-state index < -0.39 is 0 Å². The number of ether oxygens (including phenoxy) is 2. The van der Waals surface area contributed by atoms with Crippen molar-refractivity contribution in [2.75, 3.05) is 7.05 Å². The van der Waals surface area contributed by atoms with Crippen molar-refractivity contribution < 1.29 is 9.47 Å². The van der Waals surface area contributed by atoms with Gasteiger partial charge in [0.1, 0.15) is 11.5 Å². The van der Waals surface area contributed by atoms with Gasteiger partial charge in [-0.1, -0.05) is 36.4 Å². The van der Waals surface area contributed by atoms with E-state index in [1.54, 1.807) is 0 Å². The Bertz CT molecular complexity index is 557. The topological polar surface area (TPSA) is 21.7 Å². The van der Waals surface area contributed by atoms with E-state index in [4.69, 9.17) is 9.47 Å². The average molecular weight is 239 g/mol. The third kappa shape index (κ3) is 1.22. The van der Waals surface area contributed by atoms with Gasteiger partial charge in [0.25, 0.3) is 0 Å². The highest BCUT2D eigenvalue weighted by Gasteiger charge is 2.40. The molecule has 2 aliphatic rings. The molecule has 0 amide bonds. The van der Waals surface area contributed by atoms with Crippen LogP contribution in [0.2, 0.25) is 0 Å². The maximum absolute atomic E-state index is 6.09. The summed E-state index contributed by atoms with van der Waals surface area (Å²) in [5.74, 6) is 1.83. The largest absolute Gasteiger partial charge is 0.470 e. The fourth-order valence-corrected chi connectivity index (χ4v) is 2.68. The predicted molar refractivity (Wildman–Crippen MR) is 67.4 cm³/mol. The second kappa shape index (κ2) is 3.50. The van der Waals surface area contributed by atoms with Crippen molar-refractivity contribution in [1.82, 2.24) is 4.90 Å². The zero-order valence-electron chi connectivity index (χ0n) is 10.0. The molecule has 0 saturated heterocycles. The maximum atomic E-state index is 6.09. The molecule has 3 heteroatoms. The Hall–Kier alpha value is -2.00. The summed E-state index contributed by atoms with van der Waals surface area (Å²) in [6.45, 7) is 0. The van der Waals surface area contributed by atoms with Crippen LogP contribution in [0.3, 0.4) is 0 Å². The van der Waals surface area contributed by atoms with E-state index in [-0.39, 0.29) is 12.5 Å². The van der Waals surface area contributed by atoms with Gasteiger partial charge in [-0.2, -0.15) is 0 Å². The first kappa shape index (κ1) is 9.97. The Labute approximate surface area is 106 Å². The van der Waals surface area contributed by atoms with Crippen molar-refractivity contribution in [3.05, 3.63) is 59.7 Å². The van der Waals surface area contributed by atoms with Gasteiger partial charge < -0.3 is 9.47 Å². The van der Waals surface area contributed by atoms with Crippen LogP contribution in [-0.2, 0) is 0 Å². The van der Waals surface area contributed by atoms with Gasteiger partial charge in [-0.3, -0.25) is 0 Å². The third-order valence-corrected chi connectivity index (χ3v) is 3.59. The fraction of sp³-hybridized carbons (Fsp3) is 0.200. The van der Waals surface area contributed by atoms with Gasteiger partial charge in [-0.25, -0.2) is 4.90 Å². The summed E-state index contributed by atoms with van der Waals surface area (Å²) in [4.78, 5) is 2.12. The Kier molecular flexibility index (Phi) is 1.94. The molecule has 2 aromatic carbocycles. The molecule has 2 bridgehead atoms. The first-order chi connectivity index (χ1) is 8.84. The molecule has 0 aliphatic carbocycles. The number of hydrogen-bond donors (Lipinski definition) is 0. The Balaban J connectivity index is 1.90. The molecule has 0 spiro atoms. The summed E-state index contributed by atoms with van der Waals surface area (Å²) in [6.07, 6.45) is -0.121. The van der Waals surface area contributed by atoms with E-state index in [0.29, 0.717) is 0 Å². The molecule has 2 aliphatic heterocycles. The van der Waals surface area contributed by atoms with Crippen LogP contribution in [0.15, 0.2) is 48.5 Å². The highest BCUT2D eigenvalue weighted by Crippen LogP contribution is 2.48. The highest BCUT2D eigenvalue weighted by atomic mass is 16.6. The molecule has 2 aromatic rings. The van der Waals surface area contributed by atoms with E-state index in [1.165, 1.54) is 0 Å². The quantitative estimate of drug-likeness (QED) is 0.705. The zero-order valence-corrected chi connectivity index (χ0v) is 10.0. The monoisotopic (exact) mass is 239 g/mol. The van der Waals surface area contributed by atoms with Crippen molar-refractivity contribution in [1.29, 1.82) is 0 Å². The summed E-state index contributed by atoms with van der Waals surface area (Å²) in [5, 5.41) is 0. The van der Waals surface area contributed by atoms with Crippen molar-refractivity contribution in [3.8, 4) is 11.5 Å². The molecular weight excluding hydrogens is 226 g/mol. The molecule has 0 aromatic heterocycles. The minimum Gasteiger partial charge on any atom is -0.470 e. The van der Waals surface area contributed by atoms with Crippen LogP contribution >= 0.6 is 0 Å². The van der Waals surface area contributed by atoms with Crippen LogP contribution in [0, 0.1) is 0 Å². The predicted octanol–water partition coefficient (Wildman–Crippen LogP) is 3.10. The molecule has 18 heavy (non-hydrogen) atoms. The second-order valence-corrected chi connectivity index (χ2v) is 4.68. The Morgan fingerprint density at radius 1 is 0.778 bits per heavy atom. The van der Waals surface area contributed by atoms with E-state index in [1.807, 2.05) is 43.4 Å². The van der Waals surface area contributed by atoms with Crippen molar-refractivity contribution in [3.63, 3.8) is 0 Å². The Morgan fingerprint density at radius 2 is 1.22 bits per heavy atom. The summed E-state index contributed by atoms with van der Waals surface area (Å²) >= 11 is 0. The van der Waals surface area contributed by atoms with Gasteiger partial charge in [0.05, 0.1) is 0 Å². The van der Waals surface area contributed by atoms with E-state index in [9.17, 15) is 0 Å². The number of nitrogens with zero attached hydrogens (tertiary/aromatic N) is 1. The van der Waals surface area contributed by atoms with Crippen LogP contribution in [0.25, 0.3) is 0 Å². The summed E-state index contributed by atoms with van der Waals surface area (Å²) < 4.78 is 12.2. The lowest BCUT2D eigenvalue weighted by Gasteiger charge is -2.44. The molecule has 0 N–H and O–H groups in total. The molecule has 2 heterocycles. The molecule has 0 saturated carbocycles. The lowest BCUT2D eigenvalue weighted by molar-refractivity contribution is -0.107. The molecule has 0 radical (unpaired) electrons. The third-order valence-electron chi connectivity index (χ3n) is 3.59. The second-order valence-electron chi connectivity index (χ2n) is 4.68. The van der Waals surface area contributed by atoms with E-state index in [0.717, 1.165) is 22.6 Å². The van der Waals surface area contributed by atoms with Crippen LogP contribution < -0.4 is 9.47 Å². The SMILES string of the molecule is CN1C2Oc3ccccc3C1Oc1ccccc12. The maximum Gasteiger partial charge on any atom is 0.185 e. The molecular formula is C15H13NO2. The van der Waals surface area contributed by atoms with E-state index >= 15 is 0 Å². The van der Waals surface area contributed by atoms with Gasteiger partial charge >= 0.3 is 0 Å². The first-order valence-electron chi connectivity index (χ1n) is 6.08. The smallest absolute Gasteiger partial charge is 0.185 e. The normalized spacial score (nSPS) is 24.5. The van der Waals surface area contributed by atoms with Crippen LogP contribution in [-0.4, -0.2) is 11.9 Å². The standard InChI is InChI=1S/C15H13NO2/c1-16-14-10-6-2-4-8-12(10)17-15(16)11-7-3-5-9-13(11)18-14/h2-9,14-15H,1H3. The number of benzene rings is 2. The summed E-state index contributed by atoms with van der Waals surface area (Å²) in [7, 11) is 2.03. The summed E-state index contributed by atoms with van der Waals surface area (Å²) in [6, 6.07) is 16.1. The minimum absolute atomic E-state index is 0.0603. The van der Waals surface area contributed by atoms with E-state index in [2.05, 4.69) is 17.0 Å². The van der Waals surface area contributed by atoms with Crippen molar-refractivity contribution in [2.45, 2.75) is 12.5 Å². The Morgan fingerprint density at radius 3 is 1.72 bits per heavy atom. The summed E-state index contributed by atoms with van der Waals surface area (Å²) in [5.41, 5.74) is 2.18. The lowest BCUT2D eigenvalue weighted by atomic mass is 10.0. The van der Waals surface area contributed by atoms with Crippen molar-refractivity contribution in [2.24, 2.45) is 0 Å². The minimum atomic E-state index is -0.0603.